The molecule has 124 valence electrons. The number of para-hydroxylation sites is 1. The van der Waals surface area contributed by atoms with Crippen LogP contribution in [0, 0.1) is 0 Å². The van der Waals surface area contributed by atoms with Crippen molar-refractivity contribution in [2.24, 2.45) is 4.99 Å². The van der Waals surface area contributed by atoms with Crippen molar-refractivity contribution in [3.8, 4) is 16.9 Å². The summed E-state index contributed by atoms with van der Waals surface area (Å²) in [5.41, 5.74) is 6.57. The molecule has 25 heavy (non-hydrogen) atoms. The lowest BCUT2D eigenvalue weighted by molar-refractivity contribution is 0.472. The fourth-order valence-electron chi connectivity index (χ4n) is 3.48. The third kappa shape index (κ3) is 3.34. The van der Waals surface area contributed by atoms with Crippen LogP contribution < -0.4 is 0 Å². The average Bonchev–Trinajstić information content (AvgIpc) is 2.67. The highest BCUT2D eigenvalue weighted by Gasteiger charge is 2.12. The van der Waals surface area contributed by atoms with E-state index < -0.39 is 0 Å². The molecule has 0 unspecified atom stereocenters. The molecule has 1 aliphatic rings. The molecule has 0 aliphatic heterocycles. The summed E-state index contributed by atoms with van der Waals surface area (Å²) in [6, 6.07) is 22.4. The van der Waals surface area contributed by atoms with E-state index in [-0.39, 0.29) is 0 Å². The highest BCUT2D eigenvalue weighted by atomic mass is 16.3. The first-order valence-electron chi connectivity index (χ1n) is 8.84. The maximum atomic E-state index is 10.3. The van der Waals surface area contributed by atoms with E-state index in [2.05, 4.69) is 29.3 Å². The predicted molar refractivity (Wildman–Crippen MR) is 104 cm³/mol. The summed E-state index contributed by atoms with van der Waals surface area (Å²) in [4.78, 5) is 4.68. The van der Waals surface area contributed by atoms with E-state index in [9.17, 15) is 5.11 Å². The number of phenolic OH excluding ortho intramolecular Hbond substituents is 1. The molecule has 0 atom stereocenters. The van der Waals surface area contributed by atoms with Gasteiger partial charge in [-0.1, -0.05) is 48.5 Å². The topological polar surface area (TPSA) is 32.6 Å². The number of benzene rings is 3. The zero-order valence-electron chi connectivity index (χ0n) is 14.2. The molecule has 4 rings (SSSR count). The smallest absolute Gasteiger partial charge is 0.124 e. The van der Waals surface area contributed by atoms with E-state index in [1.165, 1.54) is 24.0 Å². The van der Waals surface area contributed by atoms with E-state index in [1.54, 1.807) is 6.21 Å². The zero-order chi connectivity index (χ0) is 17.1. The van der Waals surface area contributed by atoms with Gasteiger partial charge in [-0.25, -0.2) is 0 Å². The van der Waals surface area contributed by atoms with Gasteiger partial charge in [-0.15, -0.1) is 0 Å². The van der Waals surface area contributed by atoms with Crippen LogP contribution in [0.25, 0.3) is 11.1 Å². The molecular weight excluding hydrogens is 306 g/mol. The molecule has 2 heteroatoms. The van der Waals surface area contributed by atoms with E-state index in [0.717, 1.165) is 35.2 Å². The van der Waals surface area contributed by atoms with Crippen LogP contribution in [0.4, 0.5) is 5.69 Å². The highest BCUT2D eigenvalue weighted by Crippen LogP contribution is 2.31. The quantitative estimate of drug-likeness (QED) is 0.616. The van der Waals surface area contributed by atoms with Gasteiger partial charge in [-0.3, -0.25) is 4.99 Å². The number of phenols is 1. The normalized spacial score (nSPS) is 13.8. The van der Waals surface area contributed by atoms with Gasteiger partial charge in [0.15, 0.2) is 0 Å². The zero-order valence-corrected chi connectivity index (χ0v) is 14.2. The lowest BCUT2D eigenvalue weighted by atomic mass is 9.90. The summed E-state index contributed by atoms with van der Waals surface area (Å²) >= 11 is 0. The summed E-state index contributed by atoms with van der Waals surface area (Å²) in [6.45, 7) is 0. The fourth-order valence-corrected chi connectivity index (χ4v) is 3.48. The van der Waals surface area contributed by atoms with Crippen LogP contribution in [-0.4, -0.2) is 11.3 Å². The molecule has 0 radical (unpaired) electrons. The molecule has 0 amide bonds. The van der Waals surface area contributed by atoms with Gasteiger partial charge in [0.2, 0.25) is 0 Å². The van der Waals surface area contributed by atoms with Crippen molar-refractivity contribution in [1.29, 1.82) is 0 Å². The minimum absolute atomic E-state index is 0.321. The van der Waals surface area contributed by atoms with Crippen molar-refractivity contribution in [1.82, 2.24) is 0 Å². The third-order valence-electron chi connectivity index (χ3n) is 4.82. The van der Waals surface area contributed by atoms with Crippen molar-refractivity contribution in [2.75, 3.05) is 0 Å². The molecular formula is C23H21NO. The second-order valence-corrected chi connectivity index (χ2v) is 6.53. The minimum Gasteiger partial charge on any atom is -0.507 e. The highest BCUT2D eigenvalue weighted by molar-refractivity contribution is 5.88. The molecule has 0 saturated carbocycles. The third-order valence-corrected chi connectivity index (χ3v) is 4.82. The number of fused-ring (bicyclic) bond motifs is 1. The lowest BCUT2D eigenvalue weighted by Gasteiger charge is -2.16. The first-order valence-corrected chi connectivity index (χ1v) is 8.84. The first kappa shape index (κ1) is 15.6. The summed E-state index contributed by atoms with van der Waals surface area (Å²) in [6.07, 6.45) is 6.38. The Labute approximate surface area is 148 Å². The average molecular weight is 327 g/mol. The van der Waals surface area contributed by atoms with E-state index in [0.29, 0.717) is 5.75 Å². The number of hydrogen-bond donors (Lipinski definition) is 1. The van der Waals surface area contributed by atoms with Crippen LogP contribution in [0.2, 0.25) is 0 Å². The molecule has 0 spiro atoms. The second kappa shape index (κ2) is 6.94. The SMILES string of the molecule is Oc1cc2c(cc1/C=N/c1ccccc1-c1ccccc1)CCCC2. The van der Waals surface area contributed by atoms with Gasteiger partial charge < -0.3 is 5.11 Å². The van der Waals surface area contributed by atoms with Crippen LogP contribution in [0.15, 0.2) is 71.7 Å². The molecule has 0 bridgehead atoms. The number of aliphatic imine (C=N–C) groups is 1. The molecule has 1 N–H and O–H groups in total. The van der Waals surface area contributed by atoms with E-state index in [1.807, 2.05) is 42.5 Å². The molecule has 3 aromatic rings. The number of aromatic hydroxyl groups is 1. The van der Waals surface area contributed by atoms with Gasteiger partial charge in [0.1, 0.15) is 5.75 Å². The molecule has 2 nitrogen and oxygen atoms in total. The number of rotatable bonds is 3. The molecule has 3 aromatic carbocycles. The first-order chi connectivity index (χ1) is 12.3. The Morgan fingerprint density at radius 1 is 0.800 bits per heavy atom. The van der Waals surface area contributed by atoms with Gasteiger partial charge in [0.25, 0.3) is 0 Å². The molecule has 0 heterocycles. The van der Waals surface area contributed by atoms with Gasteiger partial charge in [0.05, 0.1) is 5.69 Å². The van der Waals surface area contributed by atoms with Crippen LogP contribution >= 0.6 is 0 Å². The van der Waals surface area contributed by atoms with E-state index in [4.69, 9.17) is 0 Å². The van der Waals surface area contributed by atoms with Crippen molar-refractivity contribution >= 4 is 11.9 Å². The standard InChI is InChI=1S/C23H21NO/c25-23-15-19-11-5-4-10-18(19)14-20(23)16-24-22-13-7-6-12-21(22)17-8-2-1-3-9-17/h1-3,6-9,12-16,25H,4-5,10-11H2/b24-16+. The summed E-state index contributed by atoms with van der Waals surface area (Å²) < 4.78 is 0. The van der Waals surface area contributed by atoms with Crippen LogP contribution in [0.1, 0.15) is 29.5 Å². The Hall–Kier alpha value is -2.87. The Bertz CT molecular complexity index is 913. The number of hydrogen-bond acceptors (Lipinski definition) is 2. The van der Waals surface area contributed by atoms with Gasteiger partial charge in [-0.05, 0) is 60.6 Å². The largest absolute Gasteiger partial charge is 0.507 e. The Balaban J connectivity index is 1.69. The fraction of sp³-hybridized carbons (Fsp3) is 0.174. The Morgan fingerprint density at radius 2 is 1.48 bits per heavy atom. The van der Waals surface area contributed by atoms with Crippen molar-refractivity contribution in [3.05, 3.63) is 83.4 Å². The van der Waals surface area contributed by atoms with Crippen LogP contribution in [0.3, 0.4) is 0 Å². The van der Waals surface area contributed by atoms with Crippen LogP contribution in [-0.2, 0) is 12.8 Å². The summed E-state index contributed by atoms with van der Waals surface area (Å²) in [5, 5.41) is 10.3. The lowest BCUT2D eigenvalue weighted by Crippen LogP contribution is -2.03. The maximum Gasteiger partial charge on any atom is 0.124 e. The van der Waals surface area contributed by atoms with Crippen molar-refractivity contribution in [2.45, 2.75) is 25.7 Å². The van der Waals surface area contributed by atoms with Crippen molar-refractivity contribution < 1.29 is 5.11 Å². The van der Waals surface area contributed by atoms with Gasteiger partial charge >= 0.3 is 0 Å². The van der Waals surface area contributed by atoms with Crippen LogP contribution in [0.5, 0.6) is 5.75 Å². The number of aryl methyl sites for hydroxylation is 2. The number of nitrogens with zero attached hydrogens (tertiary/aromatic N) is 1. The molecule has 0 aromatic heterocycles. The molecule has 0 saturated heterocycles. The summed E-state index contributed by atoms with van der Waals surface area (Å²) in [5.74, 6) is 0.321. The Morgan fingerprint density at radius 3 is 2.28 bits per heavy atom. The molecule has 0 fully saturated rings. The Kier molecular flexibility index (Phi) is 4.34. The minimum atomic E-state index is 0.321. The second-order valence-electron chi connectivity index (χ2n) is 6.53. The van der Waals surface area contributed by atoms with Crippen molar-refractivity contribution in [3.63, 3.8) is 0 Å². The van der Waals surface area contributed by atoms with Gasteiger partial charge in [-0.2, -0.15) is 0 Å². The maximum absolute atomic E-state index is 10.3. The van der Waals surface area contributed by atoms with Gasteiger partial charge in [0, 0.05) is 17.3 Å². The monoisotopic (exact) mass is 327 g/mol. The molecule has 1 aliphatic carbocycles. The van der Waals surface area contributed by atoms with E-state index >= 15 is 0 Å². The predicted octanol–water partition coefficient (Wildman–Crippen LogP) is 5.69. The summed E-state index contributed by atoms with van der Waals surface area (Å²) in [7, 11) is 0.